The lowest BCUT2D eigenvalue weighted by Gasteiger charge is -2.17. The number of rotatable bonds is 9. The average Bonchev–Trinajstić information content (AvgIpc) is 2.46. The molecule has 0 aliphatic carbocycles. The topological polar surface area (TPSA) is 72.5 Å². The van der Waals surface area contributed by atoms with Gasteiger partial charge in [-0.05, 0) is 39.4 Å². The molecular weight excluding hydrogens is 270 g/mol. The van der Waals surface area contributed by atoms with Crippen molar-refractivity contribution in [2.24, 2.45) is 0 Å². The summed E-state index contributed by atoms with van der Waals surface area (Å²) in [5.74, 6) is 0.497. The lowest BCUT2D eigenvalue weighted by molar-refractivity contribution is -0.127. The number of carbonyl (C=O) groups excluding carboxylic acids is 1. The summed E-state index contributed by atoms with van der Waals surface area (Å²) in [5.41, 5.74) is 1.72. The van der Waals surface area contributed by atoms with Crippen LogP contribution in [0.15, 0.2) is 12.1 Å². The third-order valence-electron chi connectivity index (χ3n) is 2.91. The van der Waals surface area contributed by atoms with Crippen LogP contribution in [0.4, 0.5) is 0 Å². The number of aromatic nitrogens is 1. The Morgan fingerprint density at radius 3 is 2.86 bits per heavy atom. The molecule has 1 rings (SSSR count). The van der Waals surface area contributed by atoms with Gasteiger partial charge >= 0.3 is 0 Å². The van der Waals surface area contributed by atoms with Crippen LogP contribution in [0.25, 0.3) is 0 Å². The summed E-state index contributed by atoms with van der Waals surface area (Å²) in [7, 11) is 3.49. The number of aryl methyl sites for hydroxylation is 1. The Kier molecular flexibility index (Phi) is 7.71. The second-order valence-electron chi connectivity index (χ2n) is 4.83. The van der Waals surface area contributed by atoms with E-state index in [-0.39, 0.29) is 5.91 Å². The van der Waals surface area contributed by atoms with Crippen LogP contribution in [0.3, 0.4) is 0 Å². The molecule has 0 aliphatic rings. The van der Waals surface area contributed by atoms with Crippen molar-refractivity contribution < 1.29 is 14.3 Å². The zero-order valence-corrected chi connectivity index (χ0v) is 13.2. The summed E-state index contributed by atoms with van der Waals surface area (Å²) in [4.78, 5) is 16.4. The Hall–Kier alpha value is -1.66. The Labute approximate surface area is 126 Å². The Bertz CT molecular complexity index is 452. The molecule has 0 aromatic carbocycles. The van der Waals surface area contributed by atoms with Gasteiger partial charge in [-0.1, -0.05) is 0 Å². The number of pyridine rings is 1. The molecule has 0 spiro atoms. The van der Waals surface area contributed by atoms with E-state index in [0.29, 0.717) is 25.4 Å². The van der Waals surface area contributed by atoms with Crippen LogP contribution in [0.5, 0.6) is 5.75 Å². The van der Waals surface area contributed by atoms with E-state index in [1.807, 2.05) is 26.1 Å². The van der Waals surface area contributed by atoms with Gasteiger partial charge < -0.3 is 20.1 Å². The maximum Gasteiger partial charge on any atom is 0.260 e. The van der Waals surface area contributed by atoms with E-state index >= 15 is 0 Å². The molecule has 2 N–H and O–H groups in total. The minimum atomic E-state index is -0.562. The monoisotopic (exact) mass is 295 g/mol. The highest BCUT2D eigenvalue weighted by atomic mass is 16.5. The molecule has 118 valence electrons. The zero-order chi connectivity index (χ0) is 15.7. The summed E-state index contributed by atoms with van der Waals surface area (Å²) in [6.45, 7) is 5.46. The Morgan fingerprint density at radius 1 is 1.43 bits per heavy atom. The van der Waals surface area contributed by atoms with Gasteiger partial charge in [0.05, 0.1) is 5.69 Å². The number of ether oxygens (including phenoxy) is 2. The molecule has 0 saturated carbocycles. The molecule has 0 fully saturated rings. The molecule has 0 radical (unpaired) electrons. The van der Waals surface area contributed by atoms with Gasteiger partial charge in [0, 0.05) is 32.5 Å². The molecule has 0 bridgehead atoms. The van der Waals surface area contributed by atoms with Gasteiger partial charge in [0.2, 0.25) is 0 Å². The SMILES string of the molecule is CNCc1nc(C)ccc1OC(C)C(=O)NCCCOC. The Balaban J connectivity index is 2.57. The summed E-state index contributed by atoms with van der Waals surface area (Å²) in [6, 6.07) is 3.72. The van der Waals surface area contributed by atoms with Crippen LogP contribution < -0.4 is 15.4 Å². The average molecular weight is 295 g/mol. The van der Waals surface area contributed by atoms with Crippen molar-refractivity contribution in [3.05, 3.63) is 23.5 Å². The standard InChI is InChI=1S/C15H25N3O3/c1-11-6-7-14(13(18-11)10-16-3)21-12(2)15(19)17-8-5-9-20-4/h6-7,12,16H,5,8-10H2,1-4H3,(H,17,19). The first kappa shape index (κ1) is 17.4. The summed E-state index contributed by atoms with van der Waals surface area (Å²) < 4.78 is 10.7. The number of hydrogen-bond acceptors (Lipinski definition) is 5. The zero-order valence-electron chi connectivity index (χ0n) is 13.2. The number of nitrogens with zero attached hydrogens (tertiary/aromatic N) is 1. The molecule has 0 aliphatic heterocycles. The fraction of sp³-hybridized carbons (Fsp3) is 0.600. The summed E-state index contributed by atoms with van der Waals surface area (Å²) in [6.07, 6.45) is 0.221. The van der Waals surface area contributed by atoms with Crippen LogP contribution >= 0.6 is 0 Å². The quantitative estimate of drug-likeness (QED) is 0.666. The first-order chi connectivity index (χ1) is 10.1. The first-order valence-corrected chi connectivity index (χ1v) is 7.13. The van der Waals surface area contributed by atoms with Crippen molar-refractivity contribution in [1.82, 2.24) is 15.6 Å². The van der Waals surface area contributed by atoms with Gasteiger partial charge in [0.15, 0.2) is 6.10 Å². The van der Waals surface area contributed by atoms with Crippen LogP contribution in [0, 0.1) is 6.92 Å². The van der Waals surface area contributed by atoms with E-state index in [9.17, 15) is 4.79 Å². The Morgan fingerprint density at radius 2 is 2.19 bits per heavy atom. The van der Waals surface area contributed by atoms with E-state index in [4.69, 9.17) is 9.47 Å². The van der Waals surface area contributed by atoms with Crippen molar-refractivity contribution in [3.63, 3.8) is 0 Å². The van der Waals surface area contributed by atoms with Gasteiger partial charge in [0.25, 0.3) is 5.91 Å². The second kappa shape index (κ2) is 9.31. The van der Waals surface area contributed by atoms with Gasteiger partial charge in [-0.3, -0.25) is 9.78 Å². The maximum atomic E-state index is 11.9. The van der Waals surface area contributed by atoms with Gasteiger partial charge in [-0.25, -0.2) is 0 Å². The molecule has 21 heavy (non-hydrogen) atoms. The van der Waals surface area contributed by atoms with Crippen molar-refractivity contribution in [3.8, 4) is 5.75 Å². The fourth-order valence-corrected chi connectivity index (χ4v) is 1.81. The largest absolute Gasteiger partial charge is 0.479 e. The second-order valence-corrected chi connectivity index (χ2v) is 4.83. The lowest BCUT2D eigenvalue weighted by atomic mass is 10.2. The number of methoxy groups -OCH3 is 1. The first-order valence-electron chi connectivity index (χ1n) is 7.13. The van der Waals surface area contributed by atoms with E-state index in [0.717, 1.165) is 17.8 Å². The third-order valence-corrected chi connectivity index (χ3v) is 2.91. The predicted octanol–water partition coefficient (Wildman–Crippen LogP) is 1.03. The molecule has 1 heterocycles. The molecular formula is C15H25N3O3. The van der Waals surface area contributed by atoms with Gasteiger partial charge in [0.1, 0.15) is 5.75 Å². The van der Waals surface area contributed by atoms with E-state index < -0.39 is 6.10 Å². The minimum Gasteiger partial charge on any atom is -0.479 e. The van der Waals surface area contributed by atoms with Crippen LogP contribution in [0.2, 0.25) is 0 Å². The fourth-order valence-electron chi connectivity index (χ4n) is 1.81. The molecule has 1 aromatic rings. The number of hydrogen-bond donors (Lipinski definition) is 2. The predicted molar refractivity (Wildman–Crippen MR) is 81.3 cm³/mol. The summed E-state index contributed by atoms with van der Waals surface area (Å²) in [5, 5.41) is 5.87. The van der Waals surface area contributed by atoms with Crippen LogP contribution in [-0.2, 0) is 16.1 Å². The molecule has 1 amide bonds. The molecule has 1 aromatic heterocycles. The number of amides is 1. The van der Waals surface area contributed by atoms with Gasteiger partial charge in [-0.15, -0.1) is 0 Å². The van der Waals surface area contributed by atoms with E-state index in [1.165, 1.54) is 0 Å². The van der Waals surface area contributed by atoms with Crippen molar-refractivity contribution in [1.29, 1.82) is 0 Å². The van der Waals surface area contributed by atoms with Crippen molar-refractivity contribution >= 4 is 5.91 Å². The molecule has 0 saturated heterocycles. The highest BCUT2D eigenvalue weighted by Gasteiger charge is 2.16. The third kappa shape index (κ3) is 6.10. The maximum absolute atomic E-state index is 11.9. The number of nitrogens with one attached hydrogen (secondary N) is 2. The van der Waals surface area contributed by atoms with Crippen LogP contribution in [-0.4, -0.2) is 44.3 Å². The summed E-state index contributed by atoms with van der Waals surface area (Å²) >= 11 is 0. The van der Waals surface area contributed by atoms with E-state index in [2.05, 4.69) is 15.6 Å². The van der Waals surface area contributed by atoms with Crippen LogP contribution in [0.1, 0.15) is 24.7 Å². The lowest BCUT2D eigenvalue weighted by Crippen LogP contribution is -2.37. The normalized spacial score (nSPS) is 12.0. The smallest absolute Gasteiger partial charge is 0.260 e. The molecule has 1 atom stereocenters. The highest BCUT2D eigenvalue weighted by Crippen LogP contribution is 2.18. The van der Waals surface area contributed by atoms with E-state index in [1.54, 1.807) is 14.0 Å². The molecule has 6 nitrogen and oxygen atoms in total. The minimum absolute atomic E-state index is 0.137. The van der Waals surface area contributed by atoms with Gasteiger partial charge in [-0.2, -0.15) is 0 Å². The number of carbonyl (C=O) groups is 1. The molecule has 6 heteroatoms. The van der Waals surface area contributed by atoms with Crippen molar-refractivity contribution in [2.75, 3.05) is 27.3 Å². The molecule has 1 unspecified atom stereocenters. The van der Waals surface area contributed by atoms with Crippen molar-refractivity contribution in [2.45, 2.75) is 32.9 Å². The highest BCUT2D eigenvalue weighted by molar-refractivity contribution is 5.80.